The number of aromatic nitrogens is 4. The Balaban J connectivity index is 0.694. The molecular formula is C62H78FN11O11. The van der Waals surface area contributed by atoms with E-state index in [1.165, 1.54) is 12.7 Å². The van der Waals surface area contributed by atoms with Crippen LogP contribution < -0.4 is 34.6 Å². The largest absolute Gasteiger partial charge is 0.467 e. The lowest BCUT2D eigenvalue weighted by molar-refractivity contribution is -0.296. The van der Waals surface area contributed by atoms with E-state index in [1.54, 1.807) is 64.8 Å². The predicted molar refractivity (Wildman–Crippen MR) is 316 cm³/mol. The SMILES string of the molecule is COCOc1ccccc1-c1cc(N2CC3CCC(C2)N3c2ccc(F)c(N3CCC(O)(CN4CCC5(CC4)OCC(n4cc(C6CC6)c6cc(N7CCC(=O)NC7=O)cnc64)CO5)CC3)c2)c(N(C(=O)OC(C)(C)C)C(=O)OC(C)(C)C)nn1. The summed E-state index contributed by atoms with van der Waals surface area (Å²) in [6.07, 6.45) is 8.38. The maximum atomic E-state index is 16.1. The number of piperazine rings is 1. The third-order valence-corrected chi connectivity index (χ3v) is 17.4. The van der Waals surface area contributed by atoms with Crippen molar-refractivity contribution in [1.82, 2.24) is 30.0 Å². The van der Waals surface area contributed by atoms with Gasteiger partial charge in [-0.05, 0) is 134 Å². The van der Waals surface area contributed by atoms with Gasteiger partial charge in [-0.2, -0.15) is 4.90 Å². The van der Waals surface area contributed by atoms with Crippen LogP contribution in [0.25, 0.3) is 22.3 Å². The number of nitrogens with zero attached hydrogens (tertiary/aromatic N) is 10. The summed E-state index contributed by atoms with van der Waals surface area (Å²) in [5.74, 6) is -0.397. The first-order valence-electron chi connectivity index (χ1n) is 29.9. The molecule has 3 aromatic heterocycles. The average Bonchev–Trinajstić information content (AvgIpc) is 2.13. The van der Waals surface area contributed by atoms with Crippen LogP contribution in [0, 0.1) is 5.82 Å². The molecule has 9 heterocycles. The first kappa shape index (κ1) is 58.2. The van der Waals surface area contributed by atoms with Gasteiger partial charge in [0.15, 0.2) is 18.4 Å². The number of anilines is 5. The summed E-state index contributed by atoms with van der Waals surface area (Å²) in [5, 5.41) is 24.7. The number of halogens is 1. The van der Waals surface area contributed by atoms with Gasteiger partial charge in [0.25, 0.3) is 0 Å². The molecule has 2 aromatic carbocycles. The number of hydrogen-bond acceptors (Lipinski definition) is 18. The standard InChI is InChI=1S/C62H78FN11O11/c1-59(2,3)84-57(77)74(58(78)85-60(4,5)6)55-51(30-49(66-67-55)45-10-8-9-11-52(45)81-38-80-7)70-32-41-14-15-42(33-70)73(41)40-16-17-48(63)50(29-40)69-26-19-61(79,20-27-69)37-68-24-21-62(22-25-68)82-35-44(36-83-62)72-34-47(39-12-13-39)46-28-43(31-64-54(46)72)71-23-18-53(75)65-56(71)76/h8-11,16-17,28-31,34,39,41-42,44,79H,12-15,18-27,32-33,35-38H2,1-7H3,(H,65,75,76). The van der Waals surface area contributed by atoms with Gasteiger partial charge >= 0.3 is 18.2 Å². The highest BCUT2D eigenvalue weighted by Crippen LogP contribution is 2.47. The van der Waals surface area contributed by atoms with Crippen molar-refractivity contribution >= 4 is 63.7 Å². The van der Waals surface area contributed by atoms with Crippen LogP contribution in [-0.2, 0) is 28.5 Å². The highest BCUT2D eigenvalue weighted by Gasteiger charge is 2.46. The summed E-state index contributed by atoms with van der Waals surface area (Å²) >= 11 is 0. The molecule has 6 aliphatic heterocycles. The zero-order chi connectivity index (χ0) is 59.6. The van der Waals surface area contributed by atoms with Crippen molar-refractivity contribution in [3.63, 3.8) is 0 Å². The summed E-state index contributed by atoms with van der Waals surface area (Å²) < 4.78 is 54.3. The number of amides is 5. The Morgan fingerprint density at radius 1 is 0.800 bits per heavy atom. The molecule has 0 radical (unpaired) electrons. The number of carbonyl (C=O) groups is 4. The third kappa shape index (κ3) is 12.3. The third-order valence-electron chi connectivity index (χ3n) is 17.4. The Hall–Kier alpha value is -7.18. The van der Waals surface area contributed by atoms with Gasteiger partial charge in [0, 0.05) is 114 Å². The number of ether oxygens (including phenoxy) is 6. The summed E-state index contributed by atoms with van der Waals surface area (Å²) in [5.41, 5.74) is 2.78. The van der Waals surface area contributed by atoms with Crippen LogP contribution >= 0.6 is 0 Å². The lowest BCUT2D eigenvalue weighted by atomic mass is 9.89. The minimum absolute atomic E-state index is 0.00171. The summed E-state index contributed by atoms with van der Waals surface area (Å²) in [6, 6.07) is 16.0. The highest BCUT2D eigenvalue weighted by molar-refractivity contribution is 6.11. The fraction of sp³-hybridized carbons (Fsp3) is 0.565. The first-order chi connectivity index (χ1) is 40.6. The summed E-state index contributed by atoms with van der Waals surface area (Å²) in [7, 11) is 1.54. The van der Waals surface area contributed by atoms with Gasteiger partial charge < -0.3 is 57.7 Å². The number of likely N-dealkylation sites (tertiary alicyclic amines) is 1. The molecule has 23 heteroatoms. The van der Waals surface area contributed by atoms with Crippen molar-refractivity contribution in [3.05, 3.63) is 78.4 Å². The molecule has 5 aromatic rings. The van der Waals surface area contributed by atoms with E-state index < -0.39 is 40.8 Å². The molecule has 2 bridgehead atoms. The van der Waals surface area contributed by atoms with E-state index in [9.17, 15) is 24.3 Å². The van der Waals surface area contributed by atoms with Crippen LogP contribution in [0.2, 0.25) is 0 Å². The number of piperidine rings is 2. The Morgan fingerprint density at radius 2 is 1.48 bits per heavy atom. The average molecular weight is 1170 g/mol. The zero-order valence-electron chi connectivity index (χ0n) is 49.7. The van der Waals surface area contributed by atoms with Crippen molar-refractivity contribution in [2.24, 2.45) is 0 Å². The number of hydrogen-bond donors (Lipinski definition) is 2. The number of aliphatic hydroxyl groups is 1. The summed E-state index contributed by atoms with van der Waals surface area (Å²) in [4.78, 5) is 68.9. The molecule has 454 valence electrons. The zero-order valence-corrected chi connectivity index (χ0v) is 49.7. The molecule has 7 fully saturated rings. The van der Waals surface area contributed by atoms with E-state index in [0.717, 1.165) is 47.3 Å². The van der Waals surface area contributed by atoms with Crippen molar-refractivity contribution in [2.75, 3.05) is 104 Å². The number of rotatable bonds is 13. The van der Waals surface area contributed by atoms with Gasteiger partial charge in [-0.3, -0.25) is 15.0 Å². The van der Waals surface area contributed by atoms with Crippen LogP contribution in [0.5, 0.6) is 5.75 Å². The number of benzene rings is 2. The Bertz CT molecular complexity index is 3290. The Labute approximate surface area is 494 Å². The number of carbonyl (C=O) groups excluding carboxylic acids is 4. The van der Waals surface area contributed by atoms with Gasteiger partial charge in [-0.15, -0.1) is 10.2 Å². The van der Waals surface area contributed by atoms with Gasteiger partial charge in [0.2, 0.25) is 5.91 Å². The lowest BCUT2D eigenvalue weighted by Gasteiger charge is -2.48. The molecule has 22 nitrogen and oxygen atoms in total. The highest BCUT2D eigenvalue weighted by atomic mass is 19.1. The fourth-order valence-corrected chi connectivity index (χ4v) is 13.0. The van der Waals surface area contributed by atoms with E-state index in [1.807, 2.05) is 42.5 Å². The second-order valence-electron chi connectivity index (χ2n) is 25.9. The van der Waals surface area contributed by atoms with Gasteiger partial charge in [0.1, 0.15) is 28.4 Å². The molecule has 2 atom stereocenters. The second-order valence-corrected chi connectivity index (χ2v) is 25.9. The molecule has 2 unspecified atom stereocenters. The number of urea groups is 1. The first-order valence-corrected chi connectivity index (χ1v) is 29.9. The quantitative estimate of drug-likeness (QED) is 0.105. The molecule has 1 saturated carbocycles. The van der Waals surface area contributed by atoms with Gasteiger partial charge in [0.05, 0.1) is 53.8 Å². The van der Waals surface area contributed by atoms with Crippen LogP contribution in [0.1, 0.15) is 117 Å². The van der Waals surface area contributed by atoms with Gasteiger partial charge in [-0.1, -0.05) is 12.1 Å². The molecule has 7 aliphatic rings. The molecule has 6 saturated heterocycles. The number of fused-ring (bicyclic) bond motifs is 3. The topological polar surface area (TPSA) is 219 Å². The molecule has 5 amide bonds. The molecule has 1 spiro atoms. The van der Waals surface area contributed by atoms with E-state index in [0.29, 0.717) is 131 Å². The van der Waals surface area contributed by atoms with Gasteiger partial charge in [-0.25, -0.2) is 23.8 Å². The number of β-amino-alcohol motifs (C(OH)–C–C–N with tert-alkyl or cyclic N) is 1. The van der Waals surface area contributed by atoms with Crippen LogP contribution in [-0.4, -0.2) is 168 Å². The minimum Gasteiger partial charge on any atom is -0.467 e. The van der Waals surface area contributed by atoms with E-state index >= 15 is 4.39 Å². The molecule has 12 rings (SSSR count). The van der Waals surface area contributed by atoms with Crippen molar-refractivity contribution in [3.8, 4) is 17.0 Å². The minimum atomic E-state index is -0.959. The monoisotopic (exact) mass is 1170 g/mol. The molecule has 85 heavy (non-hydrogen) atoms. The summed E-state index contributed by atoms with van der Waals surface area (Å²) in [6.45, 7) is 15.4. The second kappa shape index (κ2) is 22.9. The van der Waals surface area contributed by atoms with Crippen LogP contribution in [0.4, 0.5) is 47.3 Å². The van der Waals surface area contributed by atoms with E-state index in [4.69, 9.17) is 33.4 Å². The van der Waals surface area contributed by atoms with Crippen LogP contribution in [0.3, 0.4) is 0 Å². The fourth-order valence-electron chi connectivity index (χ4n) is 13.0. The smallest absolute Gasteiger partial charge is 0.425 e. The van der Waals surface area contributed by atoms with E-state index in [-0.39, 0.29) is 48.9 Å². The molecule has 2 N–H and O–H groups in total. The number of methoxy groups -OCH3 is 1. The predicted octanol–water partition coefficient (Wildman–Crippen LogP) is 8.88. The Kier molecular flexibility index (Phi) is 15.7. The molecular weight excluding hydrogens is 1090 g/mol. The number of imide groups is 2. The lowest BCUT2D eigenvalue weighted by Crippen LogP contribution is -2.56. The van der Waals surface area contributed by atoms with Crippen molar-refractivity contribution in [1.29, 1.82) is 0 Å². The normalized spacial score (nSPS) is 22.0. The number of para-hydroxylation sites is 1. The van der Waals surface area contributed by atoms with Crippen LogP contribution in [0.15, 0.2) is 67.0 Å². The number of nitrogens with one attached hydrogen (secondary N) is 1. The van der Waals surface area contributed by atoms with E-state index in [2.05, 4.69) is 45.9 Å². The maximum absolute atomic E-state index is 16.1. The maximum Gasteiger partial charge on any atom is 0.425 e. The van der Waals surface area contributed by atoms with Crippen molar-refractivity contribution in [2.45, 2.75) is 146 Å². The Morgan fingerprint density at radius 3 is 2.13 bits per heavy atom. The molecule has 1 aliphatic carbocycles. The number of pyridine rings is 1. The van der Waals surface area contributed by atoms with Crippen molar-refractivity contribution < 1.29 is 57.1 Å².